The van der Waals surface area contributed by atoms with E-state index in [2.05, 4.69) is 0 Å². The minimum absolute atomic E-state index is 0.00774. The van der Waals surface area contributed by atoms with E-state index in [0.29, 0.717) is 12.8 Å². The van der Waals surface area contributed by atoms with E-state index in [4.69, 9.17) is 0 Å². The molecule has 0 bridgehead atoms. The number of carbonyl (C=O) groups is 8. The van der Waals surface area contributed by atoms with Gasteiger partial charge in [-0.25, -0.2) is 0 Å². The highest BCUT2D eigenvalue weighted by atomic mass is 16.2. The van der Waals surface area contributed by atoms with Crippen LogP contribution in [0.5, 0.6) is 0 Å². The van der Waals surface area contributed by atoms with Crippen molar-refractivity contribution in [1.29, 1.82) is 0 Å². The van der Waals surface area contributed by atoms with Gasteiger partial charge in [-0.05, 0) is 40.0 Å². The summed E-state index contributed by atoms with van der Waals surface area (Å²) in [5.74, 6) is -13.4. The Kier molecular flexibility index (Phi) is 7.58. The van der Waals surface area contributed by atoms with Gasteiger partial charge in [0.2, 0.25) is 0 Å². The lowest BCUT2D eigenvalue weighted by atomic mass is 9.60. The lowest BCUT2D eigenvalue weighted by Gasteiger charge is -2.37. The van der Waals surface area contributed by atoms with Crippen LogP contribution >= 0.6 is 0 Å². The summed E-state index contributed by atoms with van der Waals surface area (Å²) in [6, 6.07) is 0. The maximum absolute atomic E-state index is 13.1. The molecule has 2 aliphatic carbocycles. The second-order valence-electron chi connectivity index (χ2n) is 9.32. The number of Topliss-reactive ketones (excluding diaryl/α,β-unsaturated/α-hetero) is 8. The highest BCUT2D eigenvalue weighted by Crippen LogP contribution is 2.40. The molecular weight excluding hydrogens is 416 g/mol. The smallest absolute Gasteiger partial charge is 0.163 e. The second-order valence-corrected chi connectivity index (χ2v) is 9.32. The molecule has 0 amide bonds. The Bertz CT molecular complexity index is 909. The fourth-order valence-corrected chi connectivity index (χ4v) is 4.65. The van der Waals surface area contributed by atoms with Crippen molar-refractivity contribution >= 4 is 46.3 Å². The van der Waals surface area contributed by atoms with Crippen LogP contribution in [0.2, 0.25) is 0 Å². The number of rotatable bonds is 8. The minimum atomic E-state index is -1.63. The molecule has 0 aromatic rings. The highest BCUT2D eigenvalue weighted by molar-refractivity contribution is 6.35. The van der Waals surface area contributed by atoms with Crippen molar-refractivity contribution in [3.63, 3.8) is 0 Å². The Labute approximate surface area is 186 Å². The number of hydrogen-bond donors (Lipinski definition) is 0. The SMILES string of the molecule is CCCC(=O)C1C(=O)C(C)C(=O)C(CC2C(=O)C(C(=O)CCC)C(=O)C(C)(C)C2=O)C1=O. The Hall–Kier alpha value is -2.64. The van der Waals surface area contributed by atoms with Gasteiger partial charge >= 0.3 is 0 Å². The Morgan fingerprint density at radius 1 is 0.688 bits per heavy atom. The molecule has 0 aromatic heterocycles. The molecule has 0 aromatic carbocycles. The molecule has 2 fully saturated rings. The number of carbonyl (C=O) groups excluding carboxylic acids is 8. The lowest BCUT2D eigenvalue weighted by molar-refractivity contribution is -0.157. The van der Waals surface area contributed by atoms with Crippen LogP contribution in [0.3, 0.4) is 0 Å². The summed E-state index contributed by atoms with van der Waals surface area (Å²) in [7, 11) is 0. The van der Waals surface area contributed by atoms with Crippen LogP contribution in [0, 0.1) is 35.0 Å². The predicted octanol–water partition coefficient (Wildman–Crippen LogP) is 1.68. The van der Waals surface area contributed by atoms with Crippen LogP contribution in [0.15, 0.2) is 0 Å². The Morgan fingerprint density at radius 2 is 1.16 bits per heavy atom. The molecule has 32 heavy (non-hydrogen) atoms. The summed E-state index contributed by atoms with van der Waals surface area (Å²) in [6.07, 6.45) is 0.274. The van der Waals surface area contributed by atoms with Gasteiger partial charge < -0.3 is 0 Å². The van der Waals surface area contributed by atoms with E-state index in [-0.39, 0.29) is 12.8 Å². The van der Waals surface area contributed by atoms with Crippen LogP contribution in [-0.2, 0) is 38.4 Å². The van der Waals surface area contributed by atoms with E-state index in [9.17, 15) is 38.4 Å². The van der Waals surface area contributed by atoms with Gasteiger partial charge in [0.1, 0.15) is 11.8 Å². The summed E-state index contributed by atoms with van der Waals surface area (Å²) >= 11 is 0. The average Bonchev–Trinajstić information content (AvgIpc) is 2.71. The Balaban J connectivity index is 2.45. The standard InChI is InChI=1S/C24H30O8/c1-6-8-14(25)16-19(28)11(3)18(27)12(20(16)29)10-13-21(30)17(15(26)9-7-2)23(32)24(4,5)22(13)31/h11-13,16-17H,6-10H2,1-5H3. The van der Waals surface area contributed by atoms with E-state index in [0.717, 1.165) is 0 Å². The van der Waals surface area contributed by atoms with E-state index in [1.165, 1.54) is 20.8 Å². The molecular formula is C24H30O8. The molecule has 8 heteroatoms. The summed E-state index contributed by atoms with van der Waals surface area (Å²) < 4.78 is 0. The maximum atomic E-state index is 13.1. The molecule has 2 aliphatic rings. The van der Waals surface area contributed by atoms with Gasteiger partial charge in [-0.2, -0.15) is 0 Å². The third-order valence-electron chi connectivity index (χ3n) is 6.66. The Morgan fingerprint density at radius 3 is 1.66 bits per heavy atom. The summed E-state index contributed by atoms with van der Waals surface area (Å²) in [5.41, 5.74) is -1.63. The zero-order valence-electron chi connectivity index (χ0n) is 19.2. The molecule has 0 heterocycles. The monoisotopic (exact) mass is 446 g/mol. The predicted molar refractivity (Wildman–Crippen MR) is 111 cm³/mol. The minimum Gasteiger partial charge on any atom is -0.298 e. The molecule has 0 spiro atoms. The first-order valence-corrected chi connectivity index (χ1v) is 11.1. The summed E-state index contributed by atoms with van der Waals surface area (Å²) in [6.45, 7) is 7.39. The van der Waals surface area contributed by atoms with Crippen molar-refractivity contribution in [1.82, 2.24) is 0 Å². The van der Waals surface area contributed by atoms with E-state index < -0.39 is 87.7 Å². The molecule has 2 saturated carbocycles. The van der Waals surface area contributed by atoms with Crippen molar-refractivity contribution in [3.8, 4) is 0 Å². The average molecular weight is 446 g/mol. The first-order valence-electron chi connectivity index (χ1n) is 11.1. The summed E-state index contributed by atoms with van der Waals surface area (Å²) in [4.78, 5) is 102. The molecule has 0 radical (unpaired) electrons. The van der Waals surface area contributed by atoms with Crippen molar-refractivity contribution in [3.05, 3.63) is 0 Å². The normalized spacial score (nSPS) is 30.6. The quantitative estimate of drug-likeness (QED) is 0.514. The van der Waals surface area contributed by atoms with E-state index in [1.54, 1.807) is 13.8 Å². The third-order valence-corrected chi connectivity index (χ3v) is 6.66. The second kappa shape index (κ2) is 9.46. The van der Waals surface area contributed by atoms with Gasteiger partial charge in [0.05, 0.1) is 23.2 Å². The summed E-state index contributed by atoms with van der Waals surface area (Å²) in [5, 5.41) is 0. The molecule has 0 N–H and O–H groups in total. The first-order chi connectivity index (χ1) is 14.8. The van der Waals surface area contributed by atoms with Crippen LogP contribution in [-0.4, -0.2) is 46.3 Å². The largest absolute Gasteiger partial charge is 0.298 e. The molecule has 5 unspecified atom stereocenters. The van der Waals surface area contributed by atoms with E-state index >= 15 is 0 Å². The van der Waals surface area contributed by atoms with Crippen LogP contribution in [0.4, 0.5) is 0 Å². The van der Waals surface area contributed by atoms with Gasteiger partial charge in [0.25, 0.3) is 0 Å². The third kappa shape index (κ3) is 4.19. The first kappa shape index (κ1) is 25.6. The maximum Gasteiger partial charge on any atom is 0.163 e. The van der Waals surface area contributed by atoms with Crippen molar-refractivity contribution < 1.29 is 38.4 Å². The van der Waals surface area contributed by atoms with Gasteiger partial charge in [-0.15, -0.1) is 0 Å². The highest BCUT2D eigenvalue weighted by Gasteiger charge is 2.58. The van der Waals surface area contributed by atoms with Crippen LogP contribution < -0.4 is 0 Å². The molecule has 8 nitrogen and oxygen atoms in total. The number of ketones is 8. The lowest BCUT2D eigenvalue weighted by Crippen LogP contribution is -2.57. The molecule has 0 saturated heterocycles. The molecule has 0 aliphatic heterocycles. The zero-order valence-corrected chi connectivity index (χ0v) is 19.2. The molecule has 5 atom stereocenters. The number of hydrogen-bond acceptors (Lipinski definition) is 8. The van der Waals surface area contributed by atoms with Crippen molar-refractivity contribution in [2.45, 2.75) is 66.7 Å². The van der Waals surface area contributed by atoms with Crippen LogP contribution in [0.1, 0.15) is 66.7 Å². The fourth-order valence-electron chi connectivity index (χ4n) is 4.65. The fraction of sp³-hybridized carbons (Fsp3) is 0.667. The van der Waals surface area contributed by atoms with Gasteiger partial charge in [0, 0.05) is 12.8 Å². The van der Waals surface area contributed by atoms with Gasteiger partial charge in [-0.3, -0.25) is 38.4 Å². The van der Waals surface area contributed by atoms with Crippen molar-refractivity contribution in [2.75, 3.05) is 0 Å². The molecule has 174 valence electrons. The zero-order chi connectivity index (χ0) is 24.5. The topological polar surface area (TPSA) is 137 Å². The van der Waals surface area contributed by atoms with Crippen LogP contribution in [0.25, 0.3) is 0 Å². The van der Waals surface area contributed by atoms with E-state index in [1.807, 2.05) is 0 Å². The van der Waals surface area contributed by atoms with Crippen molar-refractivity contribution in [2.24, 2.45) is 35.0 Å². The van der Waals surface area contributed by atoms with Gasteiger partial charge in [-0.1, -0.05) is 13.8 Å². The molecule has 2 rings (SSSR count). The van der Waals surface area contributed by atoms with Gasteiger partial charge in [0.15, 0.2) is 46.3 Å².